The van der Waals surface area contributed by atoms with Crippen molar-refractivity contribution in [1.29, 1.82) is 0 Å². The van der Waals surface area contributed by atoms with Crippen molar-refractivity contribution in [2.45, 2.75) is 5.88 Å². The van der Waals surface area contributed by atoms with Crippen LogP contribution in [0.4, 0.5) is 4.39 Å². The highest BCUT2D eigenvalue weighted by molar-refractivity contribution is 6.32. The van der Waals surface area contributed by atoms with Gasteiger partial charge in [-0.15, -0.1) is 11.6 Å². The van der Waals surface area contributed by atoms with Gasteiger partial charge < -0.3 is 4.74 Å². The first-order chi connectivity index (χ1) is 8.61. The molecule has 2 rings (SSSR count). The average molecular weight is 307 g/mol. The summed E-state index contributed by atoms with van der Waals surface area (Å²) in [5.41, 5.74) is 0.751. The summed E-state index contributed by atoms with van der Waals surface area (Å²) in [5.74, 6) is -0.293. The smallest absolute Gasteiger partial charge is 0.238 e. The van der Waals surface area contributed by atoms with E-state index in [1.807, 2.05) is 0 Å². The predicted molar refractivity (Wildman–Crippen MR) is 70.3 cm³/mol. The lowest BCUT2D eigenvalue weighted by atomic mass is 10.3. The van der Waals surface area contributed by atoms with E-state index >= 15 is 0 Å². The van der Waals surface area contributed by atoms with Gasteiger partial charge in [0.1, 0.15) is 5.02 Å². The predicted octanol–water partition coefficient (Wildman–Crippen LogP) is 5.06. The Morgan fingerprint density at radius 3 is 2.67 bits per heavy atom. The maximum absolute atomic E-state index is 13.6. The van der Waals surface area contributed by atoms with E-state index < -0.39 is 5.82 Å². The zero-order chi connectivity index (χ0) is 13.1. The molecule has 0 atom stereocenters. The second kappa shape index (κ2) is 5.74. The van der Waals surface area contributed by atoms with E-state index in [2.05, 4.69) is 4.98 Å². The third-order valence-corrected chi connectivity index (χ3v) is 3.01. The number of halogens is 4. The van der Waals surface area contributed by atoms with Gasteiger partial charge in [-0.1, -0.05) is 29.3 Å². The molecule has 2 aromatic rings. The van der Waals surface area contributed by atoms with Gasteiger partial charge in [0.05, 0.1) is 5.02 Å². The summed E-state index contributed by atoms with van der Waals surface area (Å²) in [6.07, 6.45) is 1.51. The molecule has 0 unspecified atom stereocenters. The molecule has 1 heterocycles. The number of pyridine rings is 1. The van der Waals surface area contributed by atoms with Crippen LogP contribution in [0.15, 0.2) is 30.5 Å². The Balaban J connectivity index is 2.31. The standard InChI is InChI=1S/C12H7Cl3FNO/c13-5-7-4-9(15)12(17-6-7)18-10-3-1-2-8(14)11(10)16/h1-4,6H,5H2. The van der Waals surface area contributed by atoms with Gasteiger partial charge in [-0.25, -0.2) is 9.37 Å². The summed E-state index contributed by atoms with van der Waals surface area (Å²) in [7, 11) is 0. The zero-order valence-electron chi connectivity index (χ0n) is 8.96. The first-order valence-corrected chi connectivity index (χ1v) is 6.23. The Morgan fingerprint density at radius 1 is 1.22 bits per heavy atom. The summed E-state index contributed by atoms with van der Waals surface area (Å²) in [5, 5.41) is 0.230. The minimum Gasteiger partial charge on any atom is -0.434 e. The first kappa shape index (κ1) is 13.4. The SMILES string of the molecule is Fc1c(Cl)cccc1Oc1ncc(CCl)cc1Cl. The number of hydrogen-bond acceptors (Lipinski definition) is 2. The Labute approximate surface area is 118 Å². The summed E-state index contributed by atoms with van der Waals surface area (Å²) >= 11 is 17.2. The molecular formula is C12H7Cl3FNO. The maximum Gasteiger partial charge on any atom is 0.238 e. The number of nitrogens with zero attached hydrogens (tertiary/aromatic N) is 1. The highest BCUT2D eigenvalue weighted by atomic mass is 35.5. The van der Waals surface area contributed by atoms with E-state index in [0.717, 1.165) is 5.56 Å². The van der Waals surface area contributed by atoms with Gasteiger partial charge in [0.25, 0.3) is 0 Å². The zero-order valence-corrected chi connectivity index (χ0v) is 11.2. The van der Waals surface area contributed by atoms with Crippen molar-refractivity contribution in [2.75, 3.05) is 0 Å². The molecule has 0 aliphatic heterocycles. The van der Waals surface area contributed by atoms with Crippen LogP contribution in [0.2, 0.25) is 10.0 Å². The first-order valence-electron chi connectivity index (χ1n) is 4.94. The minimum atomic E-state index is -0.654. The molecule has 0 fully saturated rings. The molecule has 0 aliphatic rings. The Hall–Kier alpha value is -1.03. The third-order valence-electron chi connectivity index (χ3n) is 2.14. The highest BCUT2D eigenvalue weighted by Gasteiger charge is 2.11. The molecule has 2 nitrogen and oxygen atoms in total. The number of aromatic nitrogens is 1. The van der Waals surface area contributed by atoms with Gasteiger partial charge in [-0.2, -0.15) is 0 Å². The number of rotatable bonds is 3. The van der Waals surface area contributed by atoms with Gasteiger partial charge in [-0.3, -0.25) is 0 Å². The fraction of sp³-hybridized carbons (Fsp3) is 0.0833. The fourth-order valence-corrected chi connectivity index (χ4v) is 1.82. The molecule has 0 amide bonds. The van der Waals surface area contributed by atoms with Gasteiger partial charge in [0.2, 0.25) is 5.88 Å². The van der Waals surface area contributed by atoms with Crippen LogP contribution in [-0.4, -0.2) is 4.98 Å². The van der Waals surface area contributed by atoms with Gasteiger partial charge in [0, 0.05) is 12.1 Å². The van der Waals surface area contributed by atoms with E-state index in [9.17, 15) is 4.39 Å². The van der Waals surface area contributed by atoms with Crippen LogP contribution >= 0.6 is 34.8 Å². The summed E-state index contributed by atoms with van der Waals surface area (Å²) in [4.78, 5) is 3.97. The minimum absolute atomic E-state index is 0.0269. The molecule has 1 aromatic heterocycles. The van der Waals surface area contributed by atoms with Crippen LogP contribution in [0, 0.1) is 5.82 Å². The summed E-state index contributed by atoms with van der Waals surface area (Å²) < 4.78 is 18.9. The Morgan fingerprint density at radius 2 is 2.00 bits per heavy atom. The van der Waals surface area contributed by atoms with Crippen LogP contribution in [0.1, 0.15) is 5.56 Å². The van der Waals surface area contributed by atoms with E-state index in [1.165, 1.54) is 18.3 Å². The molecule has 18 heavy (non-hydrogen) atoms. The molecule has 1 aromatic carbocycles. The monoisotopic (exact) mass is 305 g/mol. The van der Waals surface area contributed by atoms with E-state index in [4.69, 9.17) is 39.5 Å². The van der Waals surface area contributed by atoms with Crippen molar-refractivity contribution >= 4 is 34.8 Å². The second-order valence-corrected chi connectivity index (χ2v) is 4.50. The van der Waals surface area contributed by atoms with Crippen LogP contribution in [0.3, 0.4) is 0 Å². The van der Waals surface area contributed by atoms with E-state index in [-0.39, 0.29) is 21.7 Å². The lowest BCUT2D eigenvalue weighted by Gasteiger charge is -2.08. The molecule has 94 valence electrons. The Bertz CT molecular complexity index is 577. The molecule has 0 bridgehead atoms. The van der Waals surface area contributed by atoms with Gasteiger partial charge in [-0.05, 0) is 23.8 Å². The van der Waals surface area contributed by atoms with Crippen molar-refractivity contribution in [2.24, 2.45) is 0 Å². The van der Waals surface area contributed by atoms with Gasteiger partial charge >= 0.3 is 0 Å². The Kier molecular flexibility index (Phi) is 4.27. The van der Waals surface area contributed by atoms with Crippen LogP contribution < -0.4 is 4.74 Å². The summed E-state index contributed by atoms with van der Waals surface area (Å²) in [6, 6.07) is 6.05. The molecular weight excluding hydrogens is 299 g/mol. The number of ether oxygens (including phenoxy) is 1. The normalized spacial score (nSPS) is 10.4. The number of alkyl halides is 1. The molecule has 0 saturated heterocycles. The quantitative estimate of drug-likeness (QED) is 0.740. The fourth-order valence-electron chi connectivity index (χ4n) is 1.28. The lowest BCUT2D eigenvalue weighted by Crippen LogP contribution is -1.93. The maximum atomic E-state index is 13.6. The van der Waals surface area contributed by atoms with Crippen LogP contribution in [0.25, 0.3) is 0 Å². The topological polar surface area (TPSA) is 22.1 Å². The molecule has 0 aliphatic carbocycles. The van der Waals surface area contributed by atoms with Crippen molar-refractivity contribution in [3.63, 3.8) is 0 Å². The van der Waals surface area contributed by atoms with Crippen molar-refractivity contribution in [3.05, 3.63) is 51.9 Å². The van der Waals surface area contributed by atoms with Gasteiger partial charge in [0.15, 0.2) is 11.6 Å². The molecule has 0 N–H and O–H groups in total. The number of benzene rings is 1. The van der Waals surface area contributed by atoms with Crippen LogP contribution in [-0.2, 0) is 5.88 Å². The molecule has 0 radical (unpaired) electrons. The second-order valence-electron chi connectivity index (χ2n) is 3.42. The molecule has 0 spiro atoms. The van der Waals surface area contributed by atoms with Crippen LogP contribution in [0.5, 0.6) is 11.6 Å². The molecule has 6 heteroatoms. The van der Waals surface area contributed by atoms with Crippen molar-refractivity contribution in [1.82, 2.24) is 4.98 Å². The van der Waals surface area contributed by atoms with Crippen molar-refractivity contribution < 1.29 is 9.13 Å². The lowest BCUT2D eigenvalue weighted by molar-refractivity contribution is 0.427. The average Bonchev–Trinajstić information content (AvgIpc) is 2.37. The summed E-state index contributed by atoms with van der Waals surface area (Å²) in [6.45, 7) is 0. The van der Waals surface area contributed by atoms with E-state index in [0.29, 0.717) is 5.88 Å². The molecule has 0 saturated carbocycles. The third kappa shape index (κ3) is 2.86. The highest BCUT2D eigenvalue weighted by Crippen LogP contribution is 2.31. The largest absolute Gasteiger partial charge is 0.434 e. The van der Waals surface area contributed by atoms with E-state index in [1.54, 1.807) is 12.1 Å². The number of hydrogen-bond donors (Lipinski definition) is 0. The van der Waals surface area contributed by atoms with Crippen molar-refractivity contribution in [3.8, 4) is 11.6 Å².